The highest BCUT2D eigenvalue weighted by Crippen LogP contribution is 2.23. The minimum absolute atomic E-state index is 0.0341. The van der Waals surface area contributed by atoms with Crippen LogP contribution in [0.25, 0.3) is 0 Å². The lowest BCUT2D eigenvalue weighted by Gasteiger charge is -2.23. The first-order valence-corrected chi connectivity index (χ1v) is 10.1. The Kier molecular flexibility index (Phi) is 7.85. The van der Waals surface area contributed by atoms with Crippen LogP contribution in [0.4, 0.5) is 0 Å². The van der Waals surface area contributed by atoms with Gasteiger partial charge in [0.25, 0.3) is 5.91 Å². The van der Waals surface area contributed by atoms with Gasteiger partial charge in [0.15, 0.2) is 0 Å². The first kappa shape index (κ1) is 19.9. The molecule has 1 fully saturated rings. The molecule has 0 spiro atoms. The number of nitrogens with zero attached hydrogens (tertiary/aromatic N) is 1. The van der Waals surface area contributed by atoms with Crippen molar-refractivity contribution in [2.24, 2.45) is 0 Å². The zero-order valence-electron chi connectivity index (χ0n) is 14.8. The molecule has 1 N–H and O–H groups in total. The number of rotatable bonds is 7. The van der Waals surface area contributed by atoms with Gasteiger partial charge in [-0.05, 0) is 43.9 Å². The molecular formula is C19H25ClN2O2S. The molecule has 0 aromatic heterocycles. The molecule has 0 saturated carbocycles. The number of hydrogen-bond acceptors (Lipinski definition) is 3. The fourth-order valence-electron chi connectivity index (χ4n) is 2.75. The second-order valence-corrected chi connectivity index (χ2v) is 7.54. The van der Waals surface area contributed by atoms with Crippen LogP contribution in [0.2, 0.25) is 5.02 Å². The third kappa shape index (κ3) is 5.79. The normalized spacial score (nSPS) is 17.6. The molecule has 0 bridgehead atoms. The number of hydrogen-bond donors (Lipinski definition) is 1. The first-order chi connectivity index (χ1) is 12.0. The van der Waals surface area contributed by atoms with E-state index in [0.717, 1.165) is 24.3 Å². The van der Waals surface area contributed by atoms with Crippen LogP contribution in [-0.4, -0.2) is 40.9 Å². The second-order valence-electron chi connectivity index (χ2n) is 6.11. The predicted octanol–water partition coefficient (Wildman–Crippen LogP) is 3.65. The molecule has 1 heterocycles. The largest absolute Gasteiger partial charge is 0.354 e. The van der Waals surface area contributed by atoms with E-state index >= 15 is 0 Å². The third-order valence-corrected chi connectivity index (χ3v) is 5.41. The van der Waals surface area contributed by atoms with E-state index in [2.05, 4.69) is 5.32 Å². The summed E-state index contributed by atoms with van der Waals surface area (Å²) in [6.07, 6.45) is 4.47. The summed E-state index contributed by atoms with van der Waals surface area (Å²) >= 11 is 7.50. The molecule has 1 aliphatic rings. The van der Waals surface area contributed by atoms with Gasteiger partial charge in [-0.25, -0.2) is 0 Å². The molecule has 1 saturated heterocycles. The molecule has 1 atom stereocenters. The van der Waals surface area contributed by atoms with Gasteiger partial charge in [0.2, 0.25) is 5.91 Å². The number of amides is 2. The monoisotopic (exact) mass is 380 g/mol. The molecule has 4 nitrogen and oxygen atoms in total. The number of carbonyl (C=O) groups is 2. The van der Waals surface area contributed by atoms with Crippen LogP contribution >= 0.6 is 23.4 Å². The lowest BCUT2D eigenvalue weighted by molar-refractivity contribution is -0.135. The van der Waals surface area contributed by atoms with E-state index in [4.69, 9.17) is 11.6 Å². The van der Waals surface area contributed by atoms with Crippen molar-refractivity contribution in [2.45, 2.75) is 39.2 Å². The molecule has 0 aliphatic carbocycles. The maximum absolute atomic E-state index is 12.4. The maximum Gasteiger partial charge on any atom is 0.250 e. The van der Waals surface area contributed by atoms with Gasteiger partial charge in [0.05, 0.1) is 5.88 Å². The first-order valence-electron chi connectivity index (χ1n) is 8.60. The molecule has 1 aromatic carbocycles. The van der Waals surface area contributed by atoms with Gasteiger partial charge in [-0.3, -0.25) is 9.59 Å². The van der Waals surface area contributed by atoms with Crippen LogP contribution in [0.1, 0.15) is 32.3 Å². The van der Waals surface area contributed by atoms with Gasteiger partial charge in [-0.2, -0.15) is 0 Å². The second kappa shape index (κ2) is 9.88. The van der Waals surface area contributed by atoms with E-state index < -0.39 is 0 Å². The minimum atomic E-state index is -0.367. The van der Waals surface area contributed by atoms with Gasteiger partial charge in [-0.15, -0.1) is 11.8 Å². The average molecular weight is 381 g/mol. The Hall–Kier alpha value is -1.46. The van der Waals surface area contributed by atoms with Crippen LogP contribution in [-0.2, 0) is 16.0 Å². The van der Waals surface area contributed by atoms with E-state index in [1.165, 1.54) is 5.56 Å². The molecule has 1 unspecified atom stereocenters. The van der Waals surface area contributed by atoms with E-state index in [9.17, 15) is 9.59 Å². The van der Waals surface area contributed by atoms with Crippen molar-refractivity contribution in [1.29, 1.82) is 0 Å². The summed E-state index contributed by atoms with van der Waals surface area (Å²) in [7, 11) is 0. The summed E-state index contributed by atoms with van der Waals surface area (Å²) in [6.45, 7) is 4.42. The predicted molar refractivity (Wildman–Crippen MR) is 105 cm³/mol. The summed E-state index contributed by atoms with van der Waals surface area (Å²) in [5, 5.41) is 3.70. The number of halogens is 1. The molecule has 2 amide bonds. The highest BCUT2D eigenvalue weighted by Gasteiger charge is 2.34. The Morgan fingerprint density at radius 3 is 2.76 bits per heavy atom. The van der Waals surface area contributed by atoms with Crippen LogP contribution in [0.3, 0.4) is 0 Å². The Morgan fingerprint density at radius 2 is 2.08 bits per heavy atom. The van der Waals surface area contributed by atoms with Crippen LogP contribution < -0.4 is 5.32 Å². The summed E-state index contributed by atoms with van der Waals surface area (Å²) in [6, 6.07) is 7.39. The van der Waals surface area contributed by atoms with E-state index in [1.54, 1.807) is 16.7 Å². The standard InChI is InChI=1S/C19H25ClN2O2S/c1-3-5-14(2)19(24)22-13-25-12-17(22)18(23)21-11-4-6-15-7-9-16(20)10-8-15/h5,7-10,17H,3-4,6,11-13H2,1-2H3,(H,21,23)/b14-5-. The van der Waals surface area contributed by atoms with E-state index in [-0.39, 0.29) is 17.9 Å². The Morgan fingerprint density at radius 1 is 1.36 bits per heavy atom. The van der Waals surface area contributed by atoms with Crippen LogP contribution in [0.15, 0.2) is 35.9 Å². The van der Waals surface area contributed by atoms with Gasteiger partial charge >= 0.3 is 0 Å². The van der Waals surface area contributed by atoms with Crippen LogP contribution in [0, 0.1) is 0 Å². The van der Waals surface area contributed by atoms with Gasteiger partial charge < -0.3 is 10.2 Å². The molecular weight excluding hydrogens is 356 g/mol. The van der Waals surface area contributed by atoms with Crippen molar-refractivity contribution in [2.75, 3.05) is 18.2 Å². The molecule has 2 rings (SSSR count). The SMILES string of the molecule is CC/C=C(/C)C(=O)N1CSCC1C(=O)NCCCc1ccc(Cl)cc1. The number of allylic oxidation sites excluding steroid dienone is 1. The number of nitrogens with one attached hydrogen (secondary N) is 1. The number of carbonyl (C=O) groups excluding carboxylic acids is 2. The average Bonchev–Trinajstić information content (AvgIpc) is 3.09. The minimum Gasteiger partial charge on any atom is -0.354 e. The Bertz CT molecular complexity index is 631. The molecule has 136 valence electrons. The molecule has 1 aliphatic heterocycles. The highest BCUT2D eigenvalue weighted by molar-refractivity contribution is 7.99. The smallest absolute Gasteiger partial charge is 0.250 e. The Balaban J connectivity index is 1.80. The summed E-state index contributed by atoms with van der Waals surface area (Å²) in [4.78, 5) is 26.6. The zero-order valence-corrected chi connectivity index (χ0v) is 16.3. The maximum atomic E-state index is 12.4. The summed E-state index contributed by atoms with van der Waals surface area (Å²) in [5.41, 5.74) is 1.91. The lowest BCUT2D eigenvalue weighted by Crippen LogP contribution is -2.47. The van der Waals surface area contributed by atoms with Crippen LogP contribution in [0.5, 0.6) is 0 Å². The van der Waals surface area contributed by atoms with Crippen molar-refractivity contribution < 1.29 is 9.59 Å². The molecule has 1 aromatic rings. The zero-order chi connectivity index (χ0) is 18.2. The fraction of sp³-hybridized carbons (Fsp3) is 0.474. The fourth-order valence-corrected chi connectivity index (χ4v) is 4.03. The van der Waals surface area contributed by atoms with E-state index in [0.29, 0.717) is 23.7 Å². The van der Waals surface area contributed by atoms with Crippen molar-refractivity contribution in [3.8, 4) is 0 Å². The molecule has 25 heavy (non-hydrogen) atoms. The van der Waals surface area contributed by atoms with Crippen molar-refractivity contribution in [3.63, 3.8) is 0 Å². The summed E-state index contributed by atoms with van der Waals surface area (Å²) in [5.74, 6) is 1.15. The van der Waals surface area contributed by atoms with Gasteiger partial charge in [0, 0.05) is 22.9 Å². The quantitative estimate of drug-likeness (QED) is 0.580. The van der Waals surface area contributed by atoms with Crippen molar-refractivity contribution >= 4 is 35.2 Å². The third-order valence-electron chi connectivity index (χ3n) is 4.15. The number of aryl methyl sites for hydroxylation is 1. The molecule has 6 heteroatoms. The van der Waals surface area contributed by atoms with Crippen molar-refractivity contribution in [3.05, 3.63) is 46.5 Å². The lowest BCUT2D eigenvalue weighted by atomic mass is 10.1. The van der Waals surface area contributed by atoms with Gasteiger partial charge in [0.1, 0.15) is 6.04 Å². The topological polar surface area (TPSA) is 49.4 Å². The summed E-state index contributed by atoms with van der Waals surface area (Å²) < 4.78 is 0. The van der Waals surface area contributed by atoms with Crippen molar-refractivity contribution in [1.82, 2.24) is 10.2 Å². The Labute approximate surface area is 159 Å². The van der Waals surface area contributed by atoms with Gasteiger partial charge in [-0.1, -0.05) is 36.7 Å². The highest BCUT2D eigenvalue weighted by atomic mass is 35.5. The number of benzene rings is 1. The van der Waals surface area contributed by atoms with E-state index in [1.807, 2.05) is 44.2 Å². The number of thioether (sulfide) groups is 1. The molecule has 0 radical (unpaired) electrons.